The Balaban J connectivity index is 1.55. The molecule has 0 aliphatic carbocycles. The molecular weight excluding hydrogens is 344 g/mol. The topological polar surface area (TPSA) is 60.0 Å². The van der Waals surface area contributed by atoms with Gasteiger partial charge in [-0.3, -0.25) is 4.68 Å². The van der Waals surface area contributed by atoms with Crippen molar-refractivity contribution in [1.82, 2.24) is 24.4 Å². The molecule has 0 radical (unpaired) electrons. The summed E-state index contributed by atoms with van der Waals surface area (Å²) in [6.45, 7) is 3.04. The summed E-state index contributed by atoms with van der Waals surface area (Å²) in [6, 6.07) is 7.63. The van der Waals surface area contributed by atoms with Crippen molar-refractivity contribution < 1.29 is 0 Å². The van der Waals surface area contributed by atoms with E-state index in [2.05, 4.69) is 27.4 Å². The highest BCUT2D eigenvalue weighted by atomic mass is 35.5. The second kappa shape index (κ2) is 6.26. The lowest BCUT2D eigenvalue weighted by Gasteiger charge is -1.97. The summed E-state index contributed by atoms with van der Waals surface area (Å²) in [4.78, 5) is 5.46. The highest BCUT2D eigenvalue weighted by Gasteiger charge is 2.10. The van der Waals surface area contributed by atoms with Gasteiger partial charge < -0.3 is 5.32 Å². The summed E-state index contributed by atoms with van der Waals surface area (Å²) in [5.41, 5.74) is 2.83. The van der Waals surface area contributed by atoms with Gasteiger partial charge >= 0.3 is 0 Å². The molecule has 0 unspecified atom stereocenters. The summed E-state index contributed by atoms with van der Waals surface area (Å²) in [7, 11) is 0. The molecule has 0 aliphatic heterocycles. The summed E-state index contributed by atoms with van der Waals surface area (Å²) in [6.07, 6.45) is 6.76. The molecule has 0 amide bonds. The van der Waals surface area contributed by atoms with Gasteiger partial charge in [-0.25, -0.2) is 9.50 Å². The van der Waals surface area contributed by atoms with Crippen LogP contribution in [0.4, 0.5) is 10.8 Å². The zero-order chi connectivity index (χ0) is 16.5. The zero-order valence-electron chi connectivity index (χ0n) is 13.0. The Hall–Kier alpha value is -2.38. The number of hydrogen-bond donors (Lipinski definition) is 1. The molecule has 4 rings (SSSR count). The molecule has 0 saturated carbocycles. The lowest BCUT2D eigenvalue weighted by molar-refractivity contribution is 0.603. The van der Waals surface area contributed by atoms with Gasteiger partial charge in [0.2, 0.25) is 10.1 Å². The molecule has 24 heavy (non-hydrogen) atoms. The quantitative estimate of drug-likeness (QED) is 0.572. The minimum absolute atomic E-state index is 0.716. The largest absolute Gasteiger partial charge is 0.327 e. The van der Waals surface area contributed by atoms with Crippen LogP contribution in [0.25, 0.3) is 16.2 Å². The Morgan fingerprint density at radius 2 is 2.04 bits per heavy atom. The van der Waals surface area contributed by atoms with Crippen LogP contribution >= 0.6 is 22.9 Å². The molecule has 0 bridgehead atoms. The van der Waals surface area contributed by atoms with E-state index >= 15 is 0 Å². The molecule has 0 aliphatic rings. The first-order chi connectivity index (χ1) is 11.7. The van der Waals surface area contributed by atoms with Crippen LogP contribution in [0.15, 0.2) is 42.9 Å². The van der Waals surface area contributed by atoms with Gasteiger partial charge in [0.05, 0.1) is 23.8 Å². The molecule has 0 saturated heterocycles. The fourth-order valence-corrected chi connectivity index (χ4v) is 3.34. The Morgan fingerprint density at radius 1 is 1.21 bits per heavy atom. The number of benzene rings is 1. The predicted octanol–water partition coefficient (Wildman–Crippen LogP) is 4.46. The van der Waals surface area contributed by atoms with Crippen LogP contribution in [0.2, 0.25) is 5.02 Å². The first kappa shape index (κ1) is 15.2. The molecule has 8 heteroatoms. The number of halogens is 1. The number of hydrogen-bond acceptors (Lipinski definition) is 5. The number of nitrogens with one attached hydrogen (secondary N) is 1. The van der Waals surface area contributed by atoms with Gasteiger partial charge in [-0.15, -0.1) is 5.10 Å². The smallest absolute Gasteiger partial charge is 0.214 e. The van der Waals surface area contributed by atoms with Crippen LogP contribution in [-0.2, 0) is 6.54 Å². The van der Waals surface area contributed by atoms with Crippen molar-refractivity contribution in [1.29, 1.82) is 0 Å². The SMILES string of the molecule is CCCn1cc(Nc2nn3cc(-c4ccc(Cl)cc4)nc3s2)cn1. The van der Waals surface area contributed by atoms with Crippen LogP contribution in [0.5, 0.6) is 0 Å². The summed E-state index contributed by atoms with van der Waals surface area (Å²) >= 11 is 7.42. The lowest BCUT2D eigenvalue weighted by Crippen LogP contribution is -1.95. The van der Waals surface area contributed by atoms with Crippen LogP contribution in [0, 0.1) is 0 Å². The molecule has 0 fully saturated rings. The number of aryl methyl sites for hydroxylation is 1. The van der Waals surface area contributed by atoms with E-state index in [0.717, 1.165) is 40.0 Å². The van der Waals surface area contributed by atoms with E-state index in [0.29, 0.717) is 5.02 Å². The van der Waals surface area contributed by atoms with Gasteiger partial charge in [0, 0.05) is 23.3 Å². The standard InChI is InChI=1S/C16H15ClN6S/c1-2-7-22-9-13(8-18-22)19-15-21-23-10-14(20-16(23)24-15)11-3-5-12(17)6-4-11/h3-6,8-10H,2,7H2,1H3,(H,19,21). The van der Waals surface area contributed by atoms with Crippen molar-refractivity contribution in [3.8, 4) is 11.3 Å². The molecule has 1 aromatic carbocycles. The van der Waals surface area contributed by atoms with E-state index in [9.17, 15) is 0 Å². The fraction of sp³-hybridized carbons (Fsp3) is 0.188. The van der Waals surface area contributed by atoms with E-state index in [4.69, 9.17) is 11.6 Å². The Morgan fingerprint density at radius 3 is 2.79 bits per heavy atom. The number of fused-ring (bicyclic) bond motifs is 1. The predicted molar refractivity (Wildman–Crippen MR) is 97.1 cm³/mol. The van der Waals surface area contributed by atoms with Gasteiger partial charge in [-0.05, 0) is 18.6 Å². The third-order valence-corrected chi connectivity index (χ3v) is 4.61. The maximum absolute atomic E-state index is 5.92. The van der Waals surface area contributed by atoms with Crippen LogP contribution in [0.3, 0.4) is 0 Å². The molecule has 6 nitrogen and oxygen atoms in total. The molecule has 1 N–H and O–H groups in total. The number of nitrogens with zero attached hydrogens (tertiary/aromatic N) is 5. The van der Waals surface area contributed by atoms with E-state index in [1.807, 2.05) is 41.3 Å². The van der Waals surface area contributed by atoms with Crippen molar-refractivity contribution in [2.45, 2.75) is 19.9 Å². The number of aromatic nitrogens is 5. The highest BCUT2D eigenvalue weighted by Crippen LogP contribution is 2.27. The monoisotopic (exact) mass is 358 g/mol. The summed E-state index contributed by atoms with van der Waals surface area (Å²) in [5.74, 6) is 0. The molecule has 0 spiro atoms. The minimum Gasteiger partial charge on any atom is -0.327 e. The second-order valence-electron chi connectivity index (χ2n) is 5.38. The van der Waals surface area contributed by atoms with Crippen LogP contribution in [-0.4, -0.2) is 24.4 Å². The lowest BCUT2D eigenvalue weighted by atomic mass is 10.2. The molecule has 122 valence electrons. The third-order valence-electron chi connectivity index (χ3n) is 3.52. The molecule has 0 atom stereocenters. The molecule has 3 aromatic heterocycles. The maximum atomic E-state index is 5.92. The van der Waals surface area contributed by atoms with Gasteiger partial charge in [-0.2, -0.15) is 5.10 Å². The van der Waals surface area contributed by atoms with Gasteiger partial charge in [0.25, 0.3) is 0 Å². The van der Waals surface area contributed by atoms with E-state index < -0.39 is 0 Å². The van der Waals surface area contributed by atoms with Gasteiger partial charge in [-0.1, -0.05) is 42.0 Å². The Kier molecular flexibility index (Phi) is 3.95. The fourth-order valence-electron chi connectivity index (χ4n) is 2.41. The van der Waals surface area contributed by atoms with Crippen molar-refractivity contribution >= 4 is 38.7 Å². The first-order valence-electron chi connectivity index (χ1n) is 7.63. The number of anilines is 2. The van der Waals surface area contributed by atoms with Crippen LogP contribution < -0.4 is 5.32 Å². The van der Waals surface area contributed by atoms with E-state index in [1.54, 1.807) is 10.7 Å². The van der Waals surface area contributed by atoms with Crippen molar-refractivity contribution in [2.24, 2.45) is 0 Å². The first-order valence-corrected chi connectivity index (χ1v) is 8.82. The molecule has 3 heterocycles. The van der Waals surface area contributed by atoms with Crippen LogP contribution in [0.1, 0.15) is 13.3 Å². The van der Waals surface area contributed by atoms with Gasteiger partial charge in [0.1, 0.15) is 0 Å². The maximum Gasteiger partial charge on any atom is 0.214 e. The van der Waals surface area contributed by atoms with E-state index in [1.165, 1.54) is 11.3 Å². The Bertz CT molecular complexity index is 937. The average molecular weight is 359 g/mol. The van der Waals surface area contributed by atoms with Crippen molar-refractivity contribution in [3.05, 3.63) is 47.9 Å². The van der Waals surface area contributed by atoms with Crippen molar-refractivity contribution in [3.63, 3.8) is 0 Å². The minimum atomic E-state index is 0.716. The average Bonchev–Trinajstić information content (AvgIpc) is 3.24. The number of imidazole rings is 1. The summed E-state index contributed by atoms with van der Waals surface area (Å²) < 4.78 is 3.70. The summed E-state index contributed by atoms with van der Waals surface area (Å²) in [5, 5.41) is 13.6. The zero-order valence-corrected chi connectivity index (χ0v) is 14.6. The van der Waals surface area contributed by atoms with E-state index in [-0.39, 0.29) is 0 Å². The normalized spacial score (nSPS) is 11.2. The second-order valence-corrected chi connectivity index (χ2v) is 6.78. The Labute approximate surface area is 147 Å². The number of rotatable bonds is 5. The highest BCUT2D eigenvalue weighted by molar-refractivity contribution is 7.20. The third kappa shape index (κ3) is 3.00. The molecule has 4 aromatic rings. The van der Waals surface area contributed by atoms with Crippen molar-refractivity contribution in [2.75, 3.05) is 5.32 Å². The molecular formula is C16H15ClN6S. The van der Waals surface area contributed by atoms with Gasteiger partial charge in [0.15, 0.2) is 0 Å².